The van der Waals surface area contributed by atoms with E-state index in [4.69, 9.17) is 23.2 Å². The van der Waals surface area contributed by atoms with E-state index >= 15 is 0 Å². The third-order valence-corrected chi connectivity index (χ3v) is 2.91. The molecule has 0 saturated heterocycles. The van der Waals surface area contributed by atoms with Gasteiger partial charge >= 0.3 is 0 Å². The van der Waals surface area contributed by atoms with Crippen LogP contribution in [-0.4, -0.2) is 19.9 Å². The zero-order valence-electron chi connectivity index (χ0n) is 6.75. The van der Waals surface area contributed by atoms with Gasteiger partial charge in [-0.05, 0) is 0 Å². The molecule has 1 unspecified atom stereocenters. The van der Waals surface area contributed by atoms with Crippen LogP contribution in [0.5, 0.6) is 0 Å². The van der Waals surface area contributed by atoms with Crippen molar-refractivity contribution in [1.82, 2.24) is 9.97 Å². The second kappa shape index (κ2) is 4.74. The maximum Gasteiger partial charge on any atom is 0.161 e. The average molecular weight is 240 g/mol. The molecule has 1 atom stereocenters. The van der Waals surface area contributed by atoms with Gasteiger partial charge in [0.05, 0.1) is 0 Å². The van der Waals surface area contributed by atoms with E-state index in [2.05, 4.69) is 14.7 Å². The Bertz CT molecular complexity index is 334. The van der Waals surface area contributed by atoms with Gasteiger partial charge in [-0.3, -0.25) is 4.72 Å². The Balaban J connectivity index is 2.89. The summed E-state index contributed by atoms with van der Waals surface area (Å²) in [5.41, 5.74) is 0. The lowest BCUT2D eigenvalue weighted by molar-refractivity contribution is 0.687. The second-order valence-electron chi connectivity index (χ2n) is 2.06. The molecular weight excluding hydrogens is 233 g/mol. The molecule has 0 aliphatic heterocycles. The molecule has 1 aromatic heterocycles. The van der Waals surface area contributed by atoms with E-state index in [-0.39, 0.29) is 10.2 Å². The Labute approximate surface area is 88.3 Å². The second-order valence-corrected chi connectivity index (χ2v) is 4.27. The summed E-state index contributed by atoms with van der Waals surface area (Å²) in [4.78, 5) is 7.45. The number of nitrogens with zero attached hydrogens (tertiary/aromatic N) is 2. The molecule has 4 nitrogen and oxygen atoms in total. The molecule has 0 fully saturated rings. The molecule has 0 aromatic carbocycles. The topological polar surface area (TPSA) is 54.9 Å². The average Bonchev–Trinajstić information content (AvgIpc) is 2.13. The number of anilines is 1. The van der Waals surface area contributed by atoms with E-state index in [1.807, 2.05) is 0 Å². The standard InChI is InChI=1S/C6H7Cl2N3OS/c1-2-13(12)11-6-4(7)5(8)9-3-10-6/h3H,2H2,1H3,(H,9,10,11). The van der Waals surface area contributed by atoms with Gasteiger partial charge in [-0.15, -0.1) is 0 Å². The summed E-state index contributed by atoms with van der Waals surface area (Å²) in [6, 6.07) is 0. The first-order valence-electron chi connectivity index (χ1n) is 3.46. The van der Waals surface area contributed by atoms with Crippen molar-refractivity contribution in [3.05, 3.63) is 16.5 Å². The van der Waals surface area contributed by atoms with Crippen molar-refractivity contribution in [3.8, 4) is 0 Å². The Morgan fingerprint density at radius 2 is 2.23 bits per heavy atom. The van der Waals surface area contributed by atoms with Crippen LogP contribution in [0.15, 0.2) is 6.33 Å². The maximum absolute atomic E-state index is 11.1. The summed E-state index contributed by atoms with van der Waals surface area (Å²) < 4.78 is 13.7. The predicted molar refractivity (Wildman–Crippen MR) is 54.4 cm³/mol. The smallest absolute Gasteiger partial charge is 0.161 e. The molecule has 0 aliphatic rings. The van der Waals surface area contributed by atoms with Gasteiger partial charge in [0, 0.05) is 5.75 Å². The Morgan fingerprint density at radius 1 is 1.54 bits per heavy atom. The summed E-state index contributed by atoms with van der Waals surface area (Å²) in [5, 5.41) is 0.332. The molecule has 1 heterocycles. The highest BCUT2D eigenvalue weighted by Crippen LogP contribution is 2.25. The largest absolute Gasteiger partial charge is 0.288 e. The Hall–Kier alpha value is -0.390. The highest BCUT2D eigenvalue weighted by atomic mass is 35.5. The number of nitrogens with one attached hydrogen (secondary N) is 1. The number of halogens is 2. The number of hydrogen-bond acceptors (Lipinski definition) is 3. The van der Waals surface area contributed by atoms with Crippen LogP contribution >= 0.6 is 23.2 Å². The first kappa shape index (κ1) is 10.7. The summed E-state index contributed by atoms with van der Waals surface area (Å²) in [6.07, 6.45) is 1.25. The molecule has 1 N–H and O–H groups in total. The van der Waals surface area contributed by atoms with Crippen molar-refractivity contribution in [2.75, 3.05) is 10.5 Å². The lowest BCUT2D eigenvalue weighted by Crippen LogP contribution is -2.08. The molecule has 0 aliphatic carbocycles. The molecule has 0 radical (unpaired) electrons. The fourth-order valence-corrected chi connectivity index (χ4v) is 1.45. The van der Waals surface area contributed by atoms with E-state index in [9.17, 15) is 4.21 Å². The van der Waals surface area contributed by atoms with Crippen LogP contribution in [0.4, 0.5) is 5.82 Å². The van der Waals surface area contributed by atoms with Crippen molar-refractivity contribution in [2.24, 2.45) is 0 Å². The van der Waals surface area contributed by atoms with Crippen LogP contribution < -0.4 is 4.72 Å². The van der Waals surface area contributed by atoms with Crippen LogP contribution in [0.1, 0.15) is 6.92 Å². The molecule has 13 heavy (non-hydrogen) atoms. The molecule has 1 rings (SSSR count). The van der Waals surface area contributed by atoms with Gasteiger partial charge in [-0.1, -0.05) is 30.1 Å². The van der Waals surface area contributed by atoms with Gasteiger partial charge in [-0.25, -0.2) is 14.2 Å². The third-order valence-electron chi connectivity index (χ3n) is 1.22. The Morgan fingerprint density at radius 3 is 2.85 bits per heavy atom. The number of aromatic nitrogens is 2. The van der Waals surface area contributed by atoms with Crippen LogP contribution in [0.3, 0.4) is 0 Å². The monoisotopic (exact) mass is 239 g/mol. The normalized spacial score (nSPS) is 12.5. The predicted octanol–water partition coefficient (Wildman–Crippen LogP) is 1.88. The molecule has 0 amide bonds. The quantitative estimate of drug-likeness (QED) is 0.820. The zero-order chi connectivity index (χ0) is 9.84. The summed E-state index contributed by atoms with van der Waals surface area (Å²) >= 11 is 11.4. The molecule has 1 aromatic rings. The fraction of sp³-hybridized carbons (Fsp3) is 0.333. The fourth-order valence-electron chi connectivity index (χ4n) is 0.599. The van der Waals surface area contributed by atoms with E-state index < -0.39 is 11.0 Å². The third kappa shape index (κ3) is 2.79. The van der Waals surface area contributed by atoms with Crippen molar-refractivity contribution >= 4 is 40.0 Å². The van der Waals surface area contributed by atoms with Crippen LogP contribution in [0.25, 0.3) is 0 Å². The van der Waals surface area contributed by atoms with Gasteiger partial charge in [0.1, 0.15) is 22.3 Å². The summed E-state index contributed by atoms with van der Waals surface area (Å²) in [7, 11) is -1.18. The van der Waals surface area contributed by atoms with Crippen molar-refractivity contribution < 1.29 is 4.21 Å². The summed E-state index contributed by atoms with van der Waals surface area (Å²) in [5.74, 6) is 0.764. The minimum Gasteiger partial charge on any atom is -0.288 e. The minimum absolute atomic E-state index is 0.146. The highest BCUT2D eigenvalue weighted by molar-refractivity contribution is 7.86. The van der Waals surface area contributed by atoms with Crippen LogP contribution in [-0.2, 0) is 11.0 Å². The van der Waals surface area contributed by atoms with E-state index in [0.29, 0.717) is 11.6 Å². The highest BCUT2D eigenvalue weighted by Gasteiger charge is 2.08. The lowest BCUT2D eigenvalue weighted by Gasteiger charge is -2.04. The van der Waals surface area contributed by atoms with Gasteiger partial charge in [0.15, 0.2) is 11.0 Å². The Kier molecular flexibility index (Phi) is 3.90. The van der Waals surface area contributed by atoms with Gasteiger partial charge in [-0.2, -0.15) is 0 Å². The van der Waals surface area contributed by atoms with Crippen molar-refractivity contribution in [1.29, 1.82) is 0 Å². The molecule has 0 bridgehead atoms. The molecule has 0 spiro atoms. The van der Waals surface area contributed by atoms with E-state index in [0.717, 1.165) is 0 Å². The summed E-state index contributed by atoms with van der Waals surface area (Å²) in [6.45, 7) is 1.78. The minimum atomic E-state index is -1.18. The number of hydrogen-bond donors (Lipinski definition) is 1. The number of rotatable bonds is 3. The first-order chi connectivity index (χ1) is 6.15. The zero-order valence-corrected chi connectivity index (χ0v) is 9.08. The first-order valence-corrected chi connectivity index (χ1v) is 5.53. The lowest BCUT2D eigenvalue weighted by atomic mass is 10.6. The maximum atomic E-state index is 11.1. The molecule has 7 heteroatoms. The molecule has 0 saturated carbocycles. The van der Waals surface area contributed by atoms with Crippen molar-refractivity contribution in [3.63, 3.8) is 0 Å². The van der Waals surface area contributed by atoms with Gasteiger partial charge in [0.25, 0.3) is 0 Å². The SMILES string of the molecule is CCS(=O)Nc1ncnc(Cl)c1Cl. The van der Waals surface area contributed by atoms with Gasteiger partial charge in [0.2, 0.25) is 0 Å². The van der Waals surface area contributed by atoms with E-state index in [1.165, 1.54) is 6.33 Å². The van der Waals surface area contributed by atoms with Gasteiger partial charge < -0.3 is 0 Å². The van der Waals surface area contributed by atoms with Crippen molar-refractivity contribution in [2.45, 2.75) is 6.92 Å². The van der Waals surface area contributed by atoms with E-state index in [1.54, 1.807) is 6.92 Å². The molecule has 72 valence electrons. The molecular formula is C6H7Cl2N3OS. The van der Waals surface area contributed by atoms with Crippen LogP contribution in [0.2, 0.25) is 10.2 Å². The van der Waals surface area contributed by atoms with Crippen LogP contribution in [0, 0.1) is 0 Å².